The summed E-state index contributed by atoms with van der Waals surface area (Å²) in [7, 11) is -4.08. The highest BCUT2D eigenvalue weighted by atomic mass is 32.2. The topological polar surface area (TPSA) is 76.9 Å². The molecule has 0 spiro atoms. The molecule has 0 aliphatic carbocycles. The molecular weight excluding hydrogens is 261 g/mol. The van der Waals surface area contributed by atoms with E-state index in [1.165, 1.54) is 5.82 Å². The van der Waals surface area contributed by atoms with Crippen LogP contribution in [0.4, 0.5) is 13.2 Å². The first kappa shape index (κ1) is 15.7. The number of hydrogen-bond donors (Lipinski definition) is 1. The van der Waals surface area contributed by atoms with Gasteiger partial charge in [-0.2, -0.15) is 13.2 Å². The van der Waals surface area contributed by atoms with Crippen LogP contribution < -0.4 is 4.57 Å². The quantitative estimate of drug-likeness (QED) is 0.371. The van der Waals surface area contributed by atoms with Crippen molar-refractivity contribution in [3.8, 4) is 0 Å². The number of aryl methyl sites for hydroxylation is 1. The molecule has 1 N–H and O–H groups in total. The number of hydrogen-bond acceptors (Lipinski definition) is 3. The van der Waals surface area contributed by atoms with Crippen molar-refractivity contribution < 1.29 is 30.7 Å². The summed E-state index contributed by atoms with van der Waals surface area (Å²) in [4.78, 5) is 3.10. The number of nitrogens with one attached hydrogen (secondary N) is 1. The zero-order chi connectivity index (χ0) is 13.7. The zero-order valence-electron chi connectivity index (χ0n) is 8.86. The van der Waals surface area contributed by atoms with Gasteiger partial charge in [0.15, 0.2) is 10.1 Å². The molecule has 0 unspecified atom stereocenters. The van der Waals surface area contributed by atoms with Crippen LogP contribution >= 0.6 is 0 Å². The van der Waals surface area contributed by atoms with Crippen LogP contribution in [0.2, 0.25) is 0 Å². The Morgan fingerprint density at radius 3 is 2.29 bits per heavy atom. The Hall–Kier alpha value is -1.35. The fourth-order valence-corrected chi connectivity index (χ4v) is 0.777. The molecule has 17 heavy (non-hydrogen) atoms. The van der Waals surface area contributed by atoms with Crippen molar-refractivity contribution >= 4 is 10.1 Å². The molecule has 0 aromatic carbocycles. The number of nitrogens with zero attached hydrogens (tertiary/aromatic N) is 1. The van der Waals surface area contributed by atoms with E-state index in [4.69, 9.17) is 13.0 Å². The van der Waals surface area contributed by atoms with Gasteiger partial charge in [0.1, 0.15) is 12.4 Å². The molecule has 0 fully saturated rings. The number of aromatic nitrogens is 2. The van der Waals surface area contributed by atoms with Gasteiger partial charge in [0.2, 0.25) is 0 Å². The monoisotopic (exact) mass is 272 g/mol. The maximum absolute atomic E-state index is 10.7. The van der Waals surface area contributed by atoms with Crippen molar-refractivity contribution in [2.24, 2.45) is 7.05 Å². The van der Waals surface area contributed by atoms with E-state index in [0.717, 1.165) is 6.42 Å². The lowest BCUT2D eigenvalue weighted by Gasteiger charge is -2.08. The van der Waals surface area contributed by atoms with E-state index < -0.39 is 15.6 Å². The number of rotatable bonds is 2. The summed E-state index contributed by atoms with van der Waals surface area (Å²) in [5, 5.41) is 0. The normalized spacial score (nSPS) is 11.6. The second-order valence-corrected chi connectivity index (χ2v) is 4.28. The van der Waals surface area contributed by atoms with Gasteiger partial charge in [0.25, 0.3) is 5.82 Å². The molecule has 0 saturated carbocycles. The second kappa shape index (κ2) is 5.82. The first-order valence-electron chi connectivity index (χ1n) is 4.24. The zero-order valence-corrected chi connectivity index (χ0v) is 9.68. The van der Waals surface area contributed by atoms with Gasteiger partial charge in [-0.1, -0.05) is 6.08 Å². The van der Waals surface area contributed by atoms with Gasteiger partial charge in [0, 0.05) is 0 Å². The van der Waals surface area contributed by atoms with E-state index in [2.05, 4.69) is 11.6 Å². The summed E-state index contributed by atoms with van der Waals surface area (Å²) in [6, 6.07) is 0. The van der Waals surface area contributed by atoms with Crippen LogP contribution in [0.5, 0.6) is 0 Å². The van der Waals surface area contributed by atoms with Crippen LogP contribution in [-0.2, 0) is 23.6 Å². The summed E-state index contributed by atoms with van der Waals surface area (Å²) < 4.78 is 60.9. The smallest absolute Gasteiger partial charge is 0.485 e. The molecular formula is C8H11F3N2O3S. The standard InChI is InChI=1S/C7H10N2.CHF3O3S/c1-3-4-7-8-5-6-9(7)2;2-1(3,4)8(5,6)7/h3,5-6H,1,4H2,2H3;(H,5,6,7). The Morgan fingerprint density at radius 2 is 2.06 bits per heavy atom. The highest BCUT2D eigenvalue weighted by Crippen LogP contribution is 2.20. The molecule has 0 bridgehead atoms. The fourth-order valence-electron chi connectivity index (χ4n) is 0.777. The third kappa shape index (κ3) is 5.50. The Balaban J connectivity index is 0.000000304. The van der Waals surface area contributed by atoms with Crippen LogP contribution in [0.1, 0.15) is 5.82 Å². The molecule has 1 heterocycles. The van der Waals surface area contributed by atoms with Gasteiger partial charge in [-0.3, -0.25) is 0 Å². The Labute approximate surface area is 96.3 Å². The molecule has 1 aromatic heterocycles. The number of aromatic amines is 1. The number of halogens is 3. The van der Waals surface area contributed by atoms with Crippen LogP contribution in [0.25, 0.3) is 0 Å². The average Bonchev–Trinajstić information content (AvgIpc) is 2.50. The SMILES string of the molecule is C=CCc1[nH]cc[n+]1C.O=S(=O)([O-])C(F)(F)F. The van der Waals surface area contributed by atoms with E-state index in [1.54, 1.807) is 0 Å². The summed E-state index contributed by atoms with van der Waals surface area (Å²) in [6.07, 6.45) is 6.69. The molecule has 5 nitrogen and oxygen atoms in total. The van der Waals surface area contributed by atoms with Crippen molar-refractivity contribution in [2.45, 2.75) is 11.9 Å². The van der Waals surface area contributed by atoms with Crippen LogP contribution in [0, 0.1) is 0 Å². The Morgan fingerprint density at radius 1 is 1.59 bits per heavy atom. The molecule has 0 atom stereocenters. The lowest BCUT2D eigenvalue weighted by Crippen LogP contribution is -2.29. The largest absolute Gasteiger partial charge is 0.741 e. The summed E-state index contributed by atoms with van der Waals surface area (Å²) in [5.41, 5.74) is -5.65. The lowest BCUT2D eigenvalue weighted by molar-refractivity contribution is -0.677. The highest BCUT2D eigenvalue weighted by Gasteiger charge is 2.36. The summed E-state index contributed by atoms with van der Waals surface area (Å²) in [5.74, 6) is 1.19. The highest BCUT2D eigenvalue weighted by molar-refractivity contribution is 7.86. The number of allylic oxidation sites excluding steroid dienone is 1. The van der Waals surface area contributed by atoms with Gasteiger partial charge in [0.05, 0.1) is 13.5 Å². The molecule has 0 amide bonds. The predicted molar refractivity (Wildman–Crippen MR) is 51.6 cm³/mol. The first-order chi connectivity index (χ1) is 7.59. The van der Waals surface area contributed by atoms with Gasteiger partial charge < -0.3 is 4.55 Å². The van der Waals surface area contributed by atoms with Crippen LogP contribution in [-0.4, -0.2) is 23.5 Å². The third-order valence-electron chi connectivity index (χ3n) is 1.60. The minimum Gasteiger partial charge on any atom is -0.741 e. The van der Waals surface area contributed by atoms with Crippen molar-refractivity contribution in [1.82, 2.24) is 4.98 Å². The van der Waals surface area contributed by atoms with Crippen molar-refractivity contribution in [3.63, 3.8) is 0 Å². The van der Waals surface area contributed by atoms with Gasteiger partial charge in [-0.05, 0) is 0 Å². The molecule has 1 rings (SSSR count). The minimum absolute atomic E-state index is 0.906. The molecule has 0 radical (unpaired) electrons. The summed E-state index contributed by atoms with van der Waals surface area (Å²) in [6.45, 7) is 3.64. The van der Waals surface area contributed by atoms with Gasteiger partial charge in [-0.25, -0.2) is 18.0 Å². The Bertz CT molecular complexity index is 465. The van der Waals surface area contributed by atoms with E-state index in [0.29, 0.717) is 0 Å². The van der Waals surface area contributed by atoms with Crippen molar-refractivity contribution in [2.75, 3.05) is 0 Å². The molecule has 0 aliphatic rings. The molecule has 0 aliphatic heterocycles. The minimum atomic E-state index is -6.09. The van der Waals surface area contributed by atoms with Crippen molar-refractivity contribution in [1.29, 1.82) is 0 Å². The van der Waals surface area contributed by atoms with E-state index >= 15 is 0 Å². The third-order valence-corrected chi connectivity index (χ3v) is 2.16. The maximum Gasteiger partial charge on any atom is 0.485 e. The molecule has 98 valence electrons. The number of H-pyrrole nitrogens is 1. The molecule has 9 heteroatoms. The van der Waals surface area contributed by atoms with Crippen LogP contribution in [0.15, 0.2) is 25.0 Å². The first-order valence-corrected chi connectivity index (χ1v) is 5.65. The van der Waals surface area contributed by atoms with Crippen molar-refractivity contribution in [3.05, 3.63) is 30.9 Å². The number of imidazole rings is 1. The van der Waals surface area contributed by atoms with Gasteiger partial charge in [-0.15, -0.1) is 6.58 Å². The van der Waals surface area contributed by atoms with Crippen LogP contribution in [0.3, 0.4) is 0 Å². The lowest BCUT2D eigenvalue weighted by atomic mass is 10.4. The fraction of sp³-hybridized carbons (Fsp3) is 0.375. The summed E-state index contributed by atoms with van der Waals surface area (Å²) >= 11 is 0. The van der Waals surface area contributed by atoms with E-state index in [1.807, 2.05) is 30.1 Å². The maximum atomic E-state index is 10.7. The van der Waals surface area contributed by atoms with E-state index in [-0.39, 0.29) is 0 Å². The van der Waals surface area contributed by atoms with E-state index in [9.17, 15) is 13.2 Å². The second-order valence-electron chi connectivity index (χ2n) is 2.91. The average molecular weight is 272 g/mol. The molecule has 1 aromatic rings. The molecule has 0 saturated heterocycles. The van der Waals surface area contributed by atoms with Gasteiger partial charge >= 0.3 is 5.51 Å². The Kier molecular flexibility index (Phi) is 5.36. The predicted octanol–water partition coefficient (Wildman–Crippen LogP) is 0.619. The number of alkyl halides is 3.